The smallest absolute Gasteiger partial charge is 0.329 e. The van der Waals surface area contributed by atoms with Crippen LogP contribution in [0.2, 0.25) is 0 Å². The van der Waals surface area contributed by atoms with Crippen LogP contribution in [-0.2, 0) is 9.59 Å². The van der Waals surface area contributed by atoms with Gasteiger partial charge in [0, 0.05) is 11.6 Å². The van der Waals surface area contributed by atoms with Crippen LogP contribution in [0.1, 0.15) is 19.3 Å². The van der Waals surface area contributed by atoms with Gasteiger partial charge in [-0.25, -0.2) is 5.43 Å². The Bertz CT molecular complexity index is 298. The molecule has 2 rings (SSSR count). The molecule has 0 saturated heterocycles. The molecule has 0 spiro atoms. The second-order valence-electron chi connectivity index (χ2n) is 3.55. The minimum atomic E-state index is -0.991. The molecule has 70 valence electrons. The number of hydrogen-bond acceptors (Lipinski definition) is 3. The van der Waals surface area contributed by atoms with Gasteiger partial charge in [0.25, 0.3) is 0 Å². The first-order chi connectivity index (χ1) is 6.18. The van der Waals surface area contributed by atoms with E-state index in [2.05, 4.69) is 10.5 Å². The highest BCUT2D eigenvalue weighted by Gasteiger charge is 2.45. The Balaban J connectivity index is 1.90. The summed E-state index contributed by atoms with van der Waals surface area (Å²) in [6.45, 7) is 0. The Morgan fingerprint density at radius 1 is 1.54 bits per heavy atom. The number of hydrazone groups is 1. The summed E-state index contributed by atoms with van der Waals surface area (Å²) in [7, 11) is 0. The van der Waals surface area contributed by atoms with Gasteiger partial charge >= 0.3 is 11.8 Å². The van der Waals surface area contributed by atoms with Crippen LogP contribution in [0.4, 0.5) is 0 Å². The molecular weight excluding hydrogens is 170 g/mol. The topological polar surface area (TPSA) is 84.5 Å². The van der Waals surface area contributed by atoms with Crippen molar-refractivity contribution in [3.05, 3.63) is 0 Å². The first-order valence-electron chi connectivity index (χ1n) is 4.34. The van der Waals surface area contributed by atoms with Crippen LogP contribution in [0.3, 0.4) is 0 Å². The first kappa shape index (κ1) is 8.22. The Morgan fingerprint density at radius 3 is 2.77 bits per heavy atom. The van der Waals surface area contributed by atoms with Crippen molar-refractivity contribution < 1.29 is 9.59 Å². The molecule has 2 aliphatic carbocycles. The number of nitrogens with zero attached hydrogens (tertiary/aromatic N) is 1. The number of rotatable bonds is 1. The number of primary amides is 1. The van der Waals surface area contributed by atoms with Gasteiger partial charge in [-0.15, -0.1) is 0 Å². The van der Waals surface area contributed by atoms with Crippen molar-refractivity contribution in [2.45, 2.75) is 19.3 Å². The van der Waals surface area contributed by atoms with Gasteiger partial charge in [-0.05, 0) is 25.2 Å². The molecule has 0 aromatic rings. The van der Waals surface area contributed by atoms with Crippen molar-refractivity contribution in [1.29, 1.82) is 0 Å². The highest BCUT2D eigenvalue weighted by atomic mass is 16.2. The second kappa shape index (κ2) is 2.83. The van der Waals surface area contributed by atoms with Gasteiger partial charge in [-0.3, -0.25) is 9.59 Å². The highest BCUT2D eigenvalue weighted by molar-refractivity contribution is 6.34. The second-order valence-corrected chi connectivity index (χ2v) is 3.55. The molecule has 2 aliphatic rings. The summed E-state index contributed by atoms with van der Waals surface area (Å²) in [5.74, 6) is -0.483. The van der Waals surface area contributed by atoms with Gasteiger partial charge < -0.3 is 5.73 Å². The van der Waals surface area contributed by atoms with Crippen molar-refractivity contribution in [2.24, 2.45) is 22.7 Å². The van der Waals surface area contributed by atoms with E-state index in [1.54, 1.807) is 0 Å². The molecule has 2 amide bonds. The van der Waals surface area contributed by atoms with Crippen molar-refractivity contribution in [3.63, 3.8) is 0 Å². The number of carbonyl (C=O) groups is 2. The Kier molecular flexibility index (Phi) is 1.79. The van der Waals surface area contributed by atoms with E-state index >= 15 is 0 Å². The predicted molar refractivity (Wildman–Crippen MR) is 45.6 cm³/mol. The molecule has 0 bridgehead atoms. The molecule has 5 heteroatoms. The van der Waals surface area contributed by atoms with Gasteiger partial charge in [-0.2, -0.15) is 5.10 Å². The molecule has 0 aliphatic heterocycles. The third-order valence-electron chi connectivity index (χ3n) is 2.65. The zero-order valence-electron chi connectivity index (χ0n) is 7.12. The maximum Gasteiger partial charge on any atom is 0.329 e. The van der Waals surface area contributed by atoms with Gasteiger partial charge in [0.15, 0.2) is 0 Å². The van der Waals surface area contributed by atoms with E-state index in [-0.39, 0.29) is 0 Å². The third kappa shape index (κ3) is 1.54. The van der Waals surface area contributed by atoms with Crippen molar-refractivity contribution in [2.75, 3.05) is 0 Å². The third-order valence-corrected chi connectivity index (χ3v) is 2.65. The SMILES string of the molecule is NC(=O)C(=O)N/N=C1/CC[C@H]2C[C@@H]12. The van der Waals surface area contributed by atoms with Gasteiger partial charge in [0.05, 0.1) is 0 Å². The summed E-state index contributed by atoms with van der Waals surface area (Å²) in [5.41, 5.74) is 7.91. The molecule has 2 fully saturated rings. The predicted octanol–water partition coefficient (Wildman–Crippen LogP) is -0.626. The summed E-state index contributed by atoms with van der Waals surface area (Å²) in [6, 6.07) is 0. The lowest BCUT2D eigenvalue weighted by Gasteiger charge is -1.98. The maximum absolute atomic E-state index is 10.7. The monoisotopic (exact) mass is 181 g/mol. The van der Waals surface area contributed by atoms with E-state index in [1.165, 1.54) is 6.42 Å². The minimum Gasteiger partial charge on any atom is -0.361 e. The molecule has 13 heavy (non-hydrogen) atoms. The summed E-state index contributed by atoms with van der Waals surface area (Å²) >= 11 is 0. The first-order valence-corrected chi connectivity index (χ1v) is 4.34. The molecular formula is C8H11N3O2. The molecule has 0 unspecified atom stereocenters. The summed E-state index contributed by atoms with van der Waals surface area (Å²) in [5, 5.41) is 3.88. The zero-order chi connectivity index (χ0) is 9.42. The molecule has 2 atom stereocenters. The average molecular weight is 181 g/mol. The number of hydrogen-bond donors (Lipinski definition) is 2. The van der Waals surface area contributed by atoms with Crippen LogP contribution < -0.4 is 11.2 Å². The zero-order valence-corrected chi connectivity index (χ0v) is 7.12. The van der Waals surface area contributed by atoms with Gasteiger partial charge in [-0.1, -0.05) is 0 Å². The van der Waals surface area contributed by atoms with Crippen LogP contribution >= 0.6 is 0 Å². The average Bonchev–Trinajstić information content (AvgIpc) is 2.77. The van der Waals surface area contributed by atoms with Crippen LogP contribution in [0.15, 0.2) is 5.10 Å². The Morgan fingerprint density at radius 2 is 2.31 bits per heavy atom. The Hall–Kier alpha value is -1.39. The largest absolute Gasteiger partial charge is 0.361 e. The lowest BCUT2D eigenvalue weighted by atomic mass is 10.2. The van der Waals surface area contributed by atoms with E-state index in [4.69, 9.17) is 5.73 Å². The fraction of sp³-hybridized carbons (Fsp3) is 0.625. The van der Waals surface area contributed by atoms with Crippen molar-refractivity contribution in [1.82, 2.24) is 5.43 Å². The van der Waals surface area contributed by atoms with Crippen molar-refractivity contribution >= 4 is 17.5 Å². The lowest BCUT2D eigenvalue weighted by molar-refractivity contribution is -0.137. The molecule has 0 radical (unpaired) electrons. The van der Waals surface area contributed by atoms with E-state index in [0.29, 0.717) is 5.92 Å². The number of carbonyl (C=O) groups excluding carboxylic acids is 2. The Labute approximate surface area is 75.4 Å². The number of fused-ring (bicyclic) bond motifs is 1. The maximum atomic E-state index is 10.7. The van der Waals surface area contributed by atoms with Crippen LogP contribution in [-0.4, -0.2) is 17.5 Å². The molecule has 0 aromatic carbocycles. The van der Waals surface area contributed by atoms with E-state index < -0.39 is 11.8 Å². The molecule has 2 saturated carbocycles. The molecule has 0 heterocycles. The van der Waals surface area contributed by atoms with Crippen LogP contribution in [0, 0.1) is 11.8 Å². The summed E-state index contributed by atoms with van der Waals surface area (Å²) < 4.78 is 0. The summed E-state index contributed by atoms with van der Waals surface area (Å²) in [4.78, 5) is 21.1. The number of nitrogens with one attached hydrogen (secondary N) is 1. The number of nitrogens with two attached hydrogens (primary N) is 1. The fourth-order valence-corrected chi connectivity index (χ4v) is 1.81. The van der Waals surface area contributed by atoms with Crippen molar-refractivity contribution in [3.8, 4) is 0 Å². The van der Waals surface area contributed by atoms with Gasteiger partial charge in [0.1, 0.15) is 0 Å². The standard InChI is InChI=1S/C8H11N3O2/c9-7(12)8(13)11-10-6-2-1-4-3-5(4)6/h4-5H,1-3H2,(H2,9,12)(H,11,13)/b10-6-/t4-,5+/m0/s1. The number of amides is 2. The van der Waals surface area contributed by atoms with E-state index in [1.807, 2.05) is 0 Å². The molecule has 5 nitrogen and oxygen atoms in total. The highest BCUT2D eigenvalue weighted by Crippen LogP contribution is 2.49. The minimum absolute atomic E-state index is 0.563. The van der Waals surface area contributed by atoms with Gasteiger partial charge in [0.2, 0.25) is 0 Å². The fourth-order valence-electron chi connectivity index (χ4n) is 1.81. The van der Waals surface area contributed by atoms with Crippen LogP contribution in [0.5, 0.6) is 0 Å². The normalized spacial score (nSPS) is 32.8. The summed E-state index contributed by atoms with van der Waals surface area (Å²) in [6.07, 6.45) is 3.29. The molecule has 0 aromatic heterocycles. The van der Waals surface area contributed by atoms with E-state index in [0.717, 1.165) is 24.5 Å². The van der Waals surface area contributed by atoms with E-state index in [9.17, 15) is 9.59 Å². The quantitative estimate of drug-likeness (QED) is 0.417. The molecule has 3 N–H and O–H groups in total. The lowest BCUT2D eigenvalue weighted by Crippen LogP contribution is -2.33. The van der Waals surface area contributed by atoms with Crippen LogP contribution in [0.25, 0.3) is 0 Å².